The van der Waals surface area contributed by atoms with Gasteiger partial charge in [0.15, 0.2) is 5.65 Å². The van der Waals surface area contributed by atoms with Crippen LogP contribution >= 0.6 is 0 Å². The smallest absolute Gasteiger partial charge is 0.452 e. The summed E-state index contributed by atoms with van der Waals surface area (Å²) in [5.41, 5.74) is 0.987. The third-order valence-electron chi connectivity index (χ3n) is 10.2. The van der Waals surface area contributed by atoms with Crippen LogP contribution in [-0.2, 0) is 48.2 Å². The van der Waals surface area contributed by atoms with Crippen molar-refractivity contribution < 1.29 is 50.5 Å². The first-order valence-corrected chi connectivity index (χ1v) is 18.4. The number of aliphatic carboxylic acids is 1. The Kier molecular flexibility index (Phi) is 10.1. The molecule has 1 saturated heterocycles. The molecule has 3 aromatic heterocycles. The van der Waals surface area contributed by atoms with Crippen molar-refractivity contribution in [3.8, 4) is 5.88 Å². The van der Waals surface area contributed by atoms with E-state index in [2.05, 4.69) is 15.2 Å². The Morgan fingerprint density at radius 1 is 1.08 bits per heavy atom. The zero-order valence-corrected chi connectivity index (χ0v) is 30.7. The molecule has 17 heteroatoms. The minimum absolute atomic E-state index is 0.0234. The molecule has 1 atom stereocenters. The van der Waals surface area contributed by atoms with E-state index in [9.17, 15) is 36.3 Å². The molecule has 2 aliphatic heterocycles. The number of alkyl halides is 3. The monoisotopic (exact) mass is 759 g/mol. The van der Waals surface area contributed by atoms with Crippen molar-refractivity contribution in [1.82, 2.24) is 23.9 Å². The number of rotatable bonds is 9. The largest absolute Gasteiger partial charge is 0.481 e. The van der Waals surface area contributed by atoms with Crippen LogP contribution in [0.15, 0.2) is 47.5 Å². The third-order valence-corrected chi connectivity index (χ3v) is 12.0. The first-order chi connectivity index (χ1) is 24.9. The number of aryl methyl sites for hydroxylation is 3. The number of hydrogen-bond donors (Lipinski definition) is 1. The van der Waals surface area contributed by atoms with E-state index in [1.165, 1.54) is 35.8 Å². The maximum Gasteiger partial charge on any atom is 0.452 e. The van der Waals surface area contributed by atoms with Gasteiger partial charge in [0.05, 0.1) is 38.7 Å². The number of fused-ring (bicyclic) bond motifs is 2. The van der Waals surface area contributed by atoms with E-state index in [-0.39, 0.29) is 42.4 Å². The number of aromatic nitrogens is 4. The standard InChI is InChI=1S/C36H40F3N5O8S/c1-21-6-7-23(29(34(3,4)33(47)50-5)26-12-15-44-30(22(26)2)41-42-32(44)36(37,38)39)18-24(21)19-43-20-35(13-16-51-17-14-35)52-31-27(53(43,48)49)10-8-25(40-31)9-11-28(45)46/h6-8,10,12,15,18,29H,9,11,13-14,16-17,19-20H2,1-5H3,(H,45,46)/t29-/m1/s1. The number of nitrogens with zero attached hydrogens (tertiary/aromatic N) is 5. The highest BCUT2D eigenvalue weighted by Gasteiger charge is 2.46. The van der Waals surface area contributed by atoms with E-state index in [0.717, 1.165) is 9.96 Å². The van der Waals surface area contributed by atoms with Crippen molar-refractivity contribution in [1.29, 1.82) is 0 Å². The molecule has 0 bridgehead atoms. The van der Waals surface area contributed by atoms with Gasteiger partial charge in [0.1, 0.15) is 10.5 Å². The van der Waals surface area contributed by atoms with Gasteiger partial charge in [-0.25, -0.2) is 13.4 Å². The molecule has 0 unspecified atom stereocenters. The summed E-state index contributed by atoms with van der Waals surface area (Å²) < 4.78 is 89.5. The summed E-state index contributed by atoms with van der Waals surface area (Å²) in [4.78, 5) is 28.9. The average molecular weight is 760 g/mol. The Labute approximate surface area is 304 Å². The van der Waals surface area contributed by atoms with Crippen LogP contribution in [0.2, 0.25) is 0 Å². The predicted molar refractivity (Wildman–Crippen MR) is 183 cm³/mol. The Morgan fingerprint density at radius 2 is 1.79 bits per heavy atom. The van der Waals surface area contributed by atoms with Gasteiger partial charge in [-0.05, 0) is 73.7 Å². The molecule has 1 fully saturated rings. The van der Waals surface area contributed by atoms with Gasteiger partial charge in [-0.15, -0.1) is 10.2 Å². The van der Waals surface area contributed by atoms with Crippen molar-refractivity contribution in [2.24, 2.45) is 5.41 Å². The summed E-state index contributed by atoms with van der Waals surface area (Å²) in [6.45, 7) is 7.37. The van der Waals surface area contributed by atoms with Crippen LogP contribution < -0.4 is 4.74 Å². The molecule has 284 valence electrons. The van der Waals surface area contributed by atoms with E-state index in [1.54, 1.807) is 26.8 Å². The number of carbonyl (C=O) groups is 2. The number of pyridine rings is 2. The quantitative estimate of drug-likeness (QED) is 0.222. The molecule has 2 aliphatic rings. The predicted octanol–water partition coefficient (Wildman–Crippen LogP) is 5.24. The van der Waals surface area contributed by atoms with Crippen LogP contribution in [0.25, 0.3) is 5.65 Å². The first kappa shape index (κ1) is 38.1. The van der Waals surface area contributed by atoms with Crippen LogP contribution in [-0.4, -0.2) is 81.8 Å². The Balaban J connectivity index is 1.45. The molecule has 53 heavy (non-hydrogen) atoms. The number of esters is 1. The summed E-state index contributed by atoms with van der Waals surface area (Å²) in [6.07, 6.45) is -2.85. The third kappa shape index (κ3) is 7.21. The molecule has 13 nitrogen and oxygen atoms in total. The molecule has 6 rings (SSSR count). The Morgan fingerprint density at radius 3 is 2.45 bits per heavy atom. The molecule has 1 aromatic carbocycles. The maximum atomic E-state index is 14.4. The number of carboxylic acids is 1. The number of halogens is 3. The van der Waals surface area contributed by atoms with E-state index in [0.29, 0.717) is 54.0 Å². The highest BCUT2D eigenvalue weighted by atomic mass is 32.2. The summed E-state index contributed by atoms with van der Waals surface area (Å²) in [5.74, 6) is -3.62. The van der Waals surface area contributed by atoms with E-state index < -0.39 is 50.9 Å². The van der Waals surface area contributed by atoms with Crippen LogP contribution in [0.4, 0.5) is 13.2 Å². The Bertz CT molecular complexity index is 2180. The van der Waals surface area contributed by atoms with Crippen molar-refractivity contribution >= 4 is 27.6 Å². The lowest BCUT2D eigenvalue weighted by atomic mass is 9.70. The van der Waals surface area contributed by atoms with Gasteiger partial charge < -0.3 is 19.3 Å². The van der Waals surface area contributed by atoms with Gasteiger partial charge in [-0.1, -0.05) is 18.2 Å². The fraction of sp³-hybridized carbons (Fsp3) is 0.472. The number of methoxy groups -OCH3 is 1. The van der Waals surface area contributed by atoms with E-state index in [4.69, 9.17) is 14.2 Å². The minimum Gasteiger partial charge on any atom is -0.481 e. The molecule has 0 amide bonds. The molecular formula is C36H40F3N5O8S. The normalized spacial score (nSPS) is 17.9. The zero-order chi connectivity index (χ0) is 38.5. The second kappa shape index (κ2) is 14.0. The fourth-order valence-electron chi connectivity index (χ4n) is 7.24. The fourth-order valence-corrected chi connectivity index (χ4v) is 8.78. The maximum absolute atomic E-state index is 14.4. The number of carboxylic acid groups (broad SMARTS) is 1. The molecular weight excluding hydrogens is 719 g/mol. The number of hydrogen-bond acceptors (Lipinski definition) is 10. The molecule has 4 aromatic rings. The second-order valence-electron chi connectivity index (χ2n) is 14.1. The number of benzene rings is 1. The van der Waals surface area contributed by atoms with Crippen molar-refractivity contribution in [3.05, 3.63) is 81.9 Å². The highest BCUT2D eigenvalue weighted by Crippen LogP contribution is 2.45. The molecule has 0 saturated carbocycles. The SMILES string of the molecule is COC(=O)C(C)(C)[C@H](c1ccc(C)c(CN2CC3(CCOCC3)Oc3nc(CCC(=O)O)ccc3S2(=O)=O)c1)c1ccn2c(C(F)(F)F)nnc2c1C. The summed E-state index contributed by atoms with van der Waals surface area (Å²) in [7, 11) is -2.97. The van der Waals surface area contributed by atoms with Crippen molar-refractivity contribution in [3.63, 3.8) is 0 Å². The number of carbonyl (C=O) groups excluding carboxylic acids is 1. The first-order valence-electron chi connectivity index (χ1n) is 17.0. The lowest BCUT2D eigenvalue weighted by molar-refractivity contribution is -0.151. The molecule has 1 N–H and O–H groups in total. The molecule has 1 spiro atoms. The van der Waals surface area contributed by atoms with E-state index in [1.807, 2.05) is 19.1 Å². The van der Waals surface area contributed by atoms with Crippen LogP contribution in [0.1, 0.15) is 78.4 Å². The van der Waals surface area contributed by atoms with Crippen LogP contribution in [0.5, 0.6) is 5.88 Å². The van der Waals surface area contributed by atoms with Gasteiger partial charge in [-0.3, -0.25) is 14.0 Å². The zero-order valence-electron chi connectivity index (χ0n) is 29.9. The molecule has 5 heterocycles. The van der Waals surface area contributed by atoms with Crippen LogP contribution in [0.3, 0.4) is 0 Å². The second-order valence-corrected chi connectivity index (χ2v) is 16.0. The van der Waals surface area contributed by atoms with E-state index >= 15 is 0 Å². The van der Waals surface area contributed by atoms with Crippen molar-refractivity contribution in [2.75, 3.05) is 26.9 Å². The number of sulfonamides is 1. The van der Waals surface area contributed by atoms with Gasteiger partial charge in [0.2, 0.25) is 21.7 Å². The topological polar surface area (TPSA) is 163 Å². The van der Waals surface area contributed by atoms with Gasteiger partial charge in [0.25, 0.3) is 0 Å². The minimum atomic E-state index is -4.74. The van der Waals surface area contributed by atoms with Crippen LogP contribution in [0, 0.1) is 19.3 Å². The summed E-state index contributed by atoms with van der Waals surface area (Å²) >= 11 is 0. The Hall–Kier alpha value is -4.61. The van der Waals surface area contributed by atoms with Gasteiger partial charge in [-0.2, -0.15) is 17.5 Å². The highest BCUT2D eigenvalue weighted by molar-refractivity contribution is 7.89. The lowest BCUT2D eigenvalue weighted by Crippen LogP contribution is -2.50. The number of ether oxygens (including phenoxy) is 3. The average Bonchev–Trinajstić information content (AvgIpc) is 3.52. The molecule has 0 radical (unpaired) electrons. The summed E-state index contributed by atoms with van der Waals surface area (Å²) in [6, 6.07) is 9.82. The van der Waals surface area contributed by atoms with Gasteiger partial charge >= 0.3 is 18.1 Å². The lowest BCUT2D eigenvalue weighted by Gasteiger charge is -2.38. The van der Waals surface area contributed by atoms with Gasteiger partial charge in [0, 0.05) is 43.6 Å². The summed E-state index contributed by atoms with van der Waals surface area (Å²) in [5, 5.41) is 16.4. The van der Waals surface area contributed by atoms with Crippen molar-refractivity contribution in [2.45, 2.75) is 82.5 Å². The molecule has 0 aliphatic carbocycles.